The van der Waals surface area contributed by atoms with Crippen molar-refractivity contribution in [2.45, 2.75) is 0 Å². The van der Waals surface area contributed by atoms with Gasteiger partial charge >= 0.3 is 5.97 Å². The van der Waals surface area contributed by atoms with Crippen LogP contribution in [0.25, 0.3) is 11.6 Å². The van der Waals surface area contributed by atoms with Crippen molar-refractivity contribution in [3.63, 3.8) is 0 Å². The summed E-state index contributed by atoms with van der Waals surface area (Å²) in [5.74, 6) is -1.04. The molecule has 1 N–H and O–H groups in total. The van der Waals surface area contributed by atoms with Gasteiger partial charge in [-0.1, -0.05) is 18.2 Å². The summed E-state index contributed by atoms with van der Waals surface area (Å²) in [6.45, 7) is -0.438. The molecule has 4 nitrogen and oxygen atoms in total. The van der Waals surface area contributed by atoms with E-state index in [1.165, 1.54) is 24.3 Å². The summed E-state index contributed by atoms with van der Waals surface area (Å²) in [6.07, 6.45) is 1.65. The van der Waals surface area contributed by atoms with E-state index in [2.05, 4.69) is 22.0 Å². The Hall–Kier alpha value is -2.65. The topological polar surface area (TPSA) is 70.3 Å². The van der Waals surface area contributed by atoms with Gasteiger partial charge in [0.25, 0.3) is 0 Å². The molecule has 0 amide bonds. The van der Waals surface area contributed by atoms with E-state index in [1.54, 1.807) is 24.3 Å². The molecule has 2 rings (SSSR count). The molecule has 0 aromatic heterocycles. The minimum absolute atomic E-state index is 0.367. The second kappa shape index (κ2) is 7.56. The highest BCUT2D eigenvalue weighted by atomic mass is 79.9. The van der Waals surface area contributed by atoms with Crippen LogP contribution in [-0.4, -0.2) is 17.7 Å². The summed E-state index contributed by atoms with van der Waals surface area (Å²) >= 11 is 3.30. The van der Waals surface area contributed by atoms with Gasteiger partial charge in [0.05, 0.1) is 16.1 Å². The Kier molecular flexibility index (Phi) is 5.50. The van der Waals surface area contributed by atoms with Gasteiger partial charge in [-0.3, -0.25) is 0 Å². The molecular formula is C17H11BrFNO3. The number of halogens is 2. The Balaban J connectivity index is 2.27. The SMILES string of the molecule is N#CC(=Cc1ccc(OCC(=O)O)c(Br)c1)c1ccc(F)cc1. The molecule has 0 bridgehead atoms. The third kappa shape index (κ3) is 4.66. The molecule has 0 aliphatic carbocycles. The number of nitriles is 1. The normalized spacial score (nSPS) is 10.9. The van der Waals surface area contributed by atoms with Crippen molar-refractivity contribution in [1.82, 2.24) is 0 Å². The zero-order valence-electron chi connectivity index (χ0n) is 11.8. The molecule has 0 radical (unpaired) electrons. The summed E-state index contributed by atoms with van der Waals surface area (Å²) in [4.78, 5) is 10.5. The molecular weight excluding hydrogens is 365 g/mol. The number of rotatable bonds is 5. The van der Waals surface area contributed by atoms with Gasteiger partial charge in [0.1, 0.15) is 11.6 Å². The van der Waals surface area contributed by atoms with Crippen LogP contribution in [0, 0.1) is 17.1 Å². The van der Waals surface area contributed by atoms with Crippen molar-refractivity contribution < 1.29 is 19.0 Å². The lowest BCUT2D eigenvalue weighted by molar-refractivity contribution is -0.139. The predicted molar refractivity (Wildman–Crippen MR) is 87.2 cm³/mol. The second-order valence-electron chi connectivity index (χ2n) is 4.55. The average Bonchev–Trinajstić information content (AvgIpc) is 2.52. The molecule has 0 saturated carbocycles. The number of ether oxygens (including phenoxy) is 1. The van der Waals surface area contributed by atoms with Crippen molar-refractivity contribution in [1.29, 1.82) is 5.26 Å². The fourth-order valence-corrected chi connectivity index (χ4v) is 2.35. The Morgan fingerprint density at radius 3 is 2.57 bits per heavy atom. The highest BCUT2D eigenvalue weighted by molar-refractivity contribution is 9.10. The van der Waals surface area contributed by atoms with Gasteiger partial charge in [-0.2, -0.15) is 5.26 Å². The number of aliphatic carboxylic acids is 1. The molecule has 0 aliphatic heterocycles. The van der Waals surface area contributed by atoms with Gasteiger partial charge < -0.3 is 9.84 Å². The second-order valence-corrected chi connectivity index (χ2v) is 5.40. The summed E-state index contributed by atoms with van der Waals surface area (Å²) < 4.78 is 18.6. The van der Waals surface area contributed by atoms with Gasteiger partial charge in [0, 0.05) is 0 Å². The minimum Gasteiger partial charge on any atom is -0.481 e. The molecule has 0 heterocycles. The summed E-state index contributed by atoms with van der Waals surface area (Å²) in [6, 6.07) is 12.7. The molecule has 6 heteroatoms. The highest BCUT2D eigenvalue weighted by Gasteiger charge is 2.06. The first-order valence-electron chi connectivity index (χ1n) is 6.51. The monoisotopic (exact) mass is 375 g/mol. The molecule has 0 spiro atoms. The fraction of sp³-hybridized carbons (Fsp3) is 0.0588. The van der Waals surface area contributed by atoms with Crippen LogP contribution in [0.15, 0.2) is 46.9 Å². The van der Waals surface area contributed by atoms with E-state index in [0.29, 0.717) is 21.4 Å². The third-order valence-corrected chi connectivity index (χ3v) is 3.51. The van der Waals surface area contributed by atoms with E-state index < -0.39 is 12.6 Å². The molecule has 0 unspecified atom stereocenters. The fourth-order valence-electron chi connectivity index (χ4n) is 1.84. The standard InChI is InChI=1S/C17H11BrFNO3/c18-15-8-11(1-6-16(15)23-10-17(21)22)7-13(9-20)12-2-4-14(19)5-3-12/h1-8H,10H2,(H,21,22). The smallest absolute Gasteiger partial charge is 0.341 e. The van der Waals surface area contributed by atoms with E-state index in [4.69, 9.17) is 9.84 Å². The van der Waals surface area contributed by atoms with Gasteiger partial charge in [-0.05, 0) is 57.4 Å². The summed E-state index contributed by atoms with van der Waals surface area (Å²) in [5, 5.41) is 17.9. The summed E-state index contributed by atoms with van der Waals surface area (Å²) in [7, 11) is 0. The molecule has 0 aliphatic rings. The van der Waals surface area contributed by atoms with Crippen LogP contribution in [0.1, 0.15) is 11.1 Å². The van der Waals surface area contributed by atoms with Crippen molar-refractivity contribution in [2.24, 2.45) is 0 Å². The van der Waals surface area contributed by atoms with E-state index in [-0.39, 0.29) is 5.82 Å². The Labute approximate surface area is 140 Å². The van der Waals surface area contributed by atoms with E-state index in [0.717, 1.165) is 5.56 Å². The first kappa shape index (κ1) is 16.7. The van der Waals surface area contributed by atoms with Gasteiger partial charge in [-0.25, -0.2) is 9.18 Å². The van der Waals surface area contributed by atoms with E-state index in [1.807, 2.05) is 0 Å². The maximum Gasteiger partial charge on any atom is 0.341 e. The molecule has 2 aromatic carbocycles. The zero-order chi connectivity index (χ0) is 16.8. The molecule has 2 aromatic rings. The van der Waals surface area contributed by atoms with Crippen molar-refractivity contribution >= 4 is 33.5 Å². The van der Waals surface area contributed by atoms with Crippen LogP contribution in [0.4, 0.5) is 4.39 Å². The number of nitrogens with zero attached hydrogens (tertiary/aromatic N) is 1. The van der Waals surface area contributed by atoms with Gasteiger partial charge in [-0.15, -0.1) is 0 Å². The maximum atomic E-state index is 12.9. The van der Waals surface area contributed by atoms with Gasteiger partial charge in [0.15, 0.2) is 6.61 Å². The molecule has 0 fully saturated rings. The number of carboxylic acid groups (broad SMARTS) is 1. The molecule has 0 saturated heterocycles. The first-order valence-corrected chi connectivity index (χ1v) is 7.31. The lowest BCUT2D eigenvalue weighted by Crippen LogP contribution is -2.09. The van der Waals surface area contributed by atoms with Crippen molar-refractivity contribution in [3.05, 3.63) is 63.9 Å². The minimum atomic E-state index is -1.07. The number of carboxylic acids is 1. The van der Waals surface area contributed by atoms with Crippen molar-refractivity contribution in [3.8, 4) is 11.8 Å². The van der Waals surface area contributed by atoms with Crippen molar-refractivity contribution in [2.75, 3.05) is 6.61 Å². The van der Waals surface area contributed by atoms with Gasteiger partial charge in [0.2, 0.25) is 0 Å². The molecule has 0 atom stereocenters. The highest BCUT2D eigenvalue weighted by Crippen LogP contribution is 2.28. The Morgan fingerprint density at radius 2 is 2.00 bits per heavy atom. The molecule has 23 heavy (non-hydrogen) atoms. The first-order chi connectivity index (χ1) is 11.0. The predicted octanol–water partition coefficient (Wildman–Crippen LogP) is 4.12. The van der Waals surface area contributed by atoms with Crippen LogP contribution in [0.3, 0.4) is 0 Å². The largest absolute Gasteiger partial charge is 0.481 e. The molecule has 116 valence electrons. The quantitative estimate of drug-likeness (QED) is 0.630. The van der Waals surface area contributed by atoms with E-state index >= 15 is 0 Å². The zero-order valence-corrected chi connectivity index (χ0v) is 13.4. The Bertz CT molecular complexity index is 794. The number of hydrogen-bond donors (Lipinski definition) is 1. The number of benzene rings is 2. The van der Waals surface area contributed by atoms with Crippen LogP contribution in [-0.2, 0) is 4.79 Å². The van der Waals surface area contributed by atoms with Crippen LogP contribution < -0.4 is 4.74 Å². The van der Waals surface area contributed by atoms with Crippen LogP contribution in [0.2, 0.25) is 0 Å². The van der Waals surface area contributed by atoms with E-state index in [9.17, 15) is 14.4 Å². The third-order valence-electron chi connectivity index (χ3n) is 2.89. The number of hydrogen-bond acceptors (Lipinski definition) is 3. The lowest BCUT2D eigenvalue weighted by Gasteiger charge is -2.07. The Morgan fingerprint density at radius 1 is 1.30 bits per heavy atom. The van der Waals surface area contributed by atoms with Crippen LogP contribution in [0.5, 0.6) is 5.75 Å². The average molecular weight is 376 g/mol. The number of allylic oxidation sites excluding steroid dienone is 1. The number of carbonyl (C=O) groups is 1. The van der Waals surface area contributed by atoms with Crippen LogP contribution >= 0.6 is 15.9 Å². The summed E-state index contributed by atoms with van der Waals surface area (Å²) in [5.41, 5.74) is 1.72. The maximum absolute atomic E-state index is 12.9. The lowest BCUT2D eigenvalue weighted by atomic mass is 10.0.